The number of nitrogens with two attached hydrogens (primary N) is 1. The summed E-state index contributed by atoms with van der Waals surface area (Å²) < 4.78 is 46.7. The van der Waals surface area contributed by atoms with Crippen molar-refractivity contribution in [2.75, 3.05) is 26.9 Å². The minimum Gasteiger partial charge on any atom is -0.485 e. The largest absolute Gasteiger partial charge is 0.485 e. The lowest BCUT2D eigenvalue weighted by molar-refractivity contribution is -0.0950. The van der Waals surface area contributed by atoms with Crippen LogP contribution in [-0.4, -0.2) is 56.2 Å². The molecule has 0 spiro atoms. The van der Waals surface area contributed by atoms with E-state index in [-0.39, 0.29) is 23.1 Å². The molecule has 4 aromatic rings. The van der Waals surface area contributed by atoms with E-state index in [0.717, 1.165) is 11.1 Å². The first-order valence-corrected chi connectivity index (χ1v) is 14.0. The number of oxazole rings is 1. The van der Waals surface area contributed by atoms with Crippen molar-refractivity contribution in [3.63, 3.8) is 0 Å². The standard InChI is InChI=1S/C28H28N4O7S/c1-36-28(11-13-37-14-12-28)21-15-22(17-30-16-21)38-18-24(32-33)27-31-25(19-5-3-2-4-6-19)26(39-27)20-7-9-23(10-8-20)40(29,34)35/h2-10,15-17,33H,11-14,18H2,1H3,(H2,29,34,35)/b32-24-. The average Bonchev–Trinajstić information content (AvgIpc) is 3.43. The second-order valence-electron chi connectivity index (χ2n) is 9.19. The normalized spacial score (nSPS) is 15.6. The van der Waals surface area contributed by atoms with Crippen LogP contribution in [0.15, 0.2) is 87.5 Å². The molecular weight excluding hydrogens is 536 g/mol. The molecule has 2 aromatic carbocycles. The van der Waals surface area contributed by atoms with Crippen molar-refractivity contribution in [3.8, 4) is 28.3 Å². The Morgan fingerprint density at radius 2 is 1.80 bits per heavy atom. The van der Waals surface area contributed by atoms with Crippen LogP contribution >= 0.6 is 0 Å². The van der Waals surface area contributed by atoms with E-state index in [2.05, 4.69) is 15.1 Å². The van der Waals surface area contributed by atoms with Crippen molar-refractivity contribution < 1.29 is 32.3 Å². The van der Waals surface area contributed by atoms with Crippen molar-refractivity contribution >= 4 is 15.7 Å². The van der Waals surface area contributed by atoms with E-state index in [1.807, 2.05) is 36.4 Å². The van der Waals surface area contributed by atoms with Crippen LogP contribution in [-0.2, 0) is 25.1 Å². The summed E-state index contributed by atoms with van der Waals surface area (Å²) in [5.74, 6) is 0.845. The van der Waals surface area contributed by atoms with Crippen molar-refractivity contribution in [1.82, 2.24) is 9.97 Å². The van der Waals surface area contributed by atoms with Crippen LogP contribution in [0.25, 0.3) is 22.6 Å². The van der Waals surface area contributed by atoms with Crippen molar-refractivity contribution in [1.29, 1.82) is 0 Å². The van der Waals surface area contributed by atoms with Gasteiger partial charge < -0.3 is 23.8 Å². The third-order valence-electron chi connectivity index (χ3n) is 6.79. The molecule has 40 heavy (non-hydrogen) atoms. The molecule has 1 aliphatic rings. The maximum atomic E-state index is 11.7. The third kappa shape index (κ3) is 5.75. The topological polar surface area (TPSA) is 159 Å². The number of hydrogen-bond acceptors (Lipinski definition) is 10. The van der Waals surface area contributed by atoms with Gasteiger partial charge >= 0.3 is 0 Å². The highest BCUT2D eigenvalue weighted by Gasteiger charge is 2.35. The number of ether oxygens (including phenoxy) is 3. The van der Waals surface area contributed by atoms with Gasteiger partial charge in [0.25, 0.3) is 0 Å². The second kappa shape index (κ2) is 11.6. The summed E-state index contributed by atoms with van der Waals surface area (Å²) in [6, 6.07) is 17.1. The Balaban J connectivity index is 1.43. The van der Waals surface area contributed by atoms with Crippen LogP contribution in [0.1, 0.15) is 24.3 Å². The average molecular weight is 565 g/mol. The molecule has 12 heteroatoms. The number of sulfonamides is 1. The molecule has 3 N–H and O–H groups in total. The first-order chi connectivity index (χ1) is 19.3. The van der Waals surface area contributed by atoms with Gasteiger partial charge in [-0.1, -0.05) is 35.5 Å². The number of benzene rings is 2. The molecule has 0 unspecified atom stereocenters. The number of nitrogens with zero attached hydrogens (tertiary/aromatic N) is 3. The van der Waals surface area contributed by atoms with Crippen molar-refractivity contribution in [3.05, 3.63) is 84.5 Å². The Labute approximate surface area is 231 Å². The highest BCUT2D eigenvalue weighted by atomic mass is 32.2. The molecule has 0 atom stereocenters. The third-order valence-corrected chi connectivity index (χ3v) is 7.72. The number of methoxy groups -OCH3 is 1. The first-order valence-electron chi connectivity index (χ1n) is 12.4. The SMILES string of the molecule is COC1(c2cncc(OC/C(=N/O)c3nc(-c4ccccc4)c(-c4ccc(S(N)(=O)=O)cc4)o3)c2)CCOCC1. The number of oxime groups is 1. The number of aromatic nitrogens is 2. The van der Waals surface area contributed by atoms with E-state index >= 15 is 0 Å². The molecule has 1 saturated heterocycles. The van der Waals surface area contributed by atoms with Gasteiger partial charge in [-0.15, -0.1) is 0 Å². The van der Waals surface area contributed by atoms with Gasteiger partial charge in [-0.3, -0.25) is 4.98 Å². The Morgan fingerprint density at radius 1 is 1.07 bits per heavy atom. The van der Waals surface area contributed by atoms with Gasteiger partial charge in [0.2, 0.25) is 15.9 Å². The zero-order valence-electron chi connectivity index (χ0n) is 21.7. The molecule has 0 saturated carbocycles. The zero-order chi connectivity index (χ0) is 28.2. The van der Waals surface area contributed by atoms with E-state index in [1.54, 1.807) is 31.6 Å². The summed E-state index contributed by atoms with van der Waals surface area (Å²) in [6.07, 6.45) is 4.69. The lowest BCUT2D eigenvalue weighted by Gasteiger charge is -2.36. The lowest BCUT2D eigenvalue weighted by atomic mass is 9.87. The van der Waals surface area contributed by atoms with Gasteiger partial charge in [-0.25, -0.2) is 18.5 Å². The summed E-state index contributed by atoms with van der Waals surface area (Å²) in [7, 11) is -2.19. The highest BCUT2D eigenvalue weighted by Crippen LogP contribution is 2.37. The van der Waals surface area contributed by atoms with E-state index in [0.29, 0.717) is 48.8 Å². The molecule has 0 amide bonds. The quantitative estimate of drug-likeness (QED) is 0.174. The molecule has 1 aliphatic heterocycles. The van der Waals surface area contributed by atoms with Crippen molar-refractivity contribution in [2.24, 2.45) is 10.3 Å². The van der Waals surface area contributed by atoms with Crippen LogP contribution in [0, 0.1) is 0 Å². The first kappa shape index (κ1) is 27.5. The summed E-state index contributed by atoms with van der Waals surface area (Å²) in [4.78, 5) is 8.88. The van der Waals surface area contributed by atoms with Gasteiger partial charge in [0.05, 0.1) is 16.7 Å². The molecule has 0 aliphatic carbocycles. The fraction of sp³-hybridized carbons (Fsp3) is 0.250. The van der Waals surface area contributed by atoms with Gasteiger partial charge in [-0.05, 0) is 30.3 Å². The van der Waals surface area contributed by atoms with E-state index in [9.17, 15) is 13.6 Å². The molecule has 2 aromatic heterocycles. The molecular formula is C28H28N4O7S. The predicted molar refractivity (Wildman–Crippen MR) is 146 cm³/mol. The molecule has 0 radical (unpaired) electrons. The Bertz CT molecular complexity index is 1600. The molecule has 5 rings (SSSR count). The summed E-state index contributed by atoms with van der Waals surface area (Å²) >= 11 is 0. The summed E-state index contributed by atoms with van der Waals surface area (Å²) in [5.41, 5.74) is 2.18. The van der Waals surface area contributed by atoms with Gasteiger partial charge in [0.1, 0.15) is 18.1 Å². The van der Waals surface area contributed by atoms with Crippen LogP contribution in [0.5, 0.6) is 5.75 Å². The monoisotopic (exact) mass is 564 g/mol. The van der Waals surface area contributed by atoms with Crippen LogP contribution in [0.4, 0.5) is 0 Å². The van der Waals surface area contributed by atoms with E-state index < -0.39 is 15.6 Å². The van der Waals surface area contributed by atoms with Crippen LogP contribution in [0.3, 0.4) is 0 Å². The van der Waals surface area contributed by atoms with Crippen LogP contribution in [0.2, 0.25) is 0 Å². The lowest BCUT2D eigenvalue weighted by Crippen LogP contribution is -2.35. The smallest absolute Gasteiger partial charge is 0.249 e. The Kier molecular flexibility index (Phi) is 7.94. The van der Waals surface area contributed by atoms with Gasteiger partial charge in [0.15, 0.2) is 11.5 Å². The van der Waals surface area contributed by atoms with E-state index in [4.69, 9.17) is 23.8 Å². The maximum absolute atomic E-state index is 11.7. The second-order valence-corrected chi connectivity index (χ2v) is 10.7. The van der Waals surface area contributed by atoms with Crippen LogP contribution < -0.4 is 9.88 Å². The molecule has 1 fully saturated rings. The van der Waals surface area contributed by atoms with Gasteiger partial charge in [-0.2, -0.15) is 0 Å². The minimum atomic E-state index is -3.86. The van der Waals surface area contributed by atoms with Gasteiger partial charge in [0, 0.05) is 56.1 Å². The minimum absolute atomic E-state index is 0.0323. The molecule has 0 bridgehead atoms. The Hall–Kier alpha value is -4.10. The number of rotatable bonds is 9. The molecule has 208 valence electrons. The number of primary sulfonamides is 1. The Morgan fingerprint density at radius 3 is 2.45 bits per heavy atom. The molecule has 3 heterocycles. The van der Waals surface area contributed by atoms with Crippen molar-refractivity contribution in [2.45, 2.75) is 23.3 Å². The fourth-order valence-electron chi connectivity index (χ4n) is 4.57. The zero-order valence-corrected chi connectivity index (χ0v) is 22.5. The predicted octanol–water partition coefficient (Wildman–Crippen LogP) is 3.96. The molecule has 11 nitrogen and oxygen atoms in total. The summed E-state index contributed by atoms with van der Waals surface area (Å²) in [6.45, 7) is 1.01. The van der Waals surface area contributed by atoms with E-state index in [1.165, 1.54) is 12.1 Å². The number of hydrogen-bond donors (Lipinski definition) is 2. The fourth-order valence-corrected chi connectivity index (χ4v) is 5.09. The number of pyridine rings is 1. The summed E-state index contributed by atoms with van der Waals surface area (Å²) in [5, 5.41) is 18.5. The maximum Gasteiger partial charge on any atom is 0.249 e. The highest BCUT2D eigenvalue weighted by molar-refractivity contribution is 7.89.